The molecule has 1 N–H and O–H groups in total. The maximum absolute atomic E-state index is 13.9. The standard InChI is InChI=1S/C21H26FN3O4/c1-20(2,3)28-19(27)25-9-12-13(10-25)15(12)18(26)23-21(4,5)17-11-7-6-8-14(22)16(11)29-24-17/h6-8,12-13,15H,9-10H2,1-5H3,(H,23,26)/t12-,13+,15+. The van der Waals surface area contributed by atoms with Gasteiger partial charge in [-0.3, -0.25) is 4.79 Å². The van der Waals surface area contributed by atoms with Crippen LogP contribution in [-0.4, -0.2) is 40.7 Å². The zero-order chi connectivity index (χ0) is 21.1. The number of hydrogen-bond acceptors (Lipinski definition) is 5. The SMILES string of the molecule is CC(C)(C)OC(=O)N1C[C@@H]2[C@H](C1)[C@H]2C(=O)NC(C)(C)c1noc2c(F)cccc12. The van der Waals surface area contributed by atoms with E-state index in [2.05, 4.69) is 10.5 Å². The number of rotatable bonds is 3. The predicted molar refractivity (Wildman–Crippen MR) is 103 cm³/mol. The monoisotopic (exact) mass is 403 g/mol. The molecular formula is C21H26FN3O4. The fourth-order valence-corrected chi connectivity index (χ4v) is 4.22. The van der Waals surface area contributed by atoms with Crippen LogP contribution < -0.4 is 5.32 Å². The summed E-state index contributed by atoms with van der Waals surface area (Å²) in [4.78, 5) is 26.7. The predicted octanol–water partition coefficient (Wildman–Crippen LogP) is 3.43. The van der Waals surface area contributed by atoms with Crippen molar-refractivity contribution in [3.63, 3.8) is 0 Å². The number of piperidine rings is 1. The van der Waals surface area contributed by atoms with Crippen molar-refractivity contribution in [2.75, 3.05) is 13.1 Å². The summed E-state index contributed by atoms with van der Waals surface area (Å²) in [6.07, 6.45) is -0.333. The Morgan fingerprint density at radius 2 is 1.86 bits per heavy atom. The zero-order valence-electron chi connectivity index (χ0n) is 17.3. The second kappa shape index (κ2) is 6.43. The number of nitrogens with one attached hydrogen (secondary N) is 1. The number of aromatic nitrogens is 1. The number of benzene rings is 1. The average molecular weight is 403 g/mol. The first-order valence-corrected chi connectivity index (χ1v) is 9.82. The van der Waals surface area contributed by atoms with E-state index in [0.717, 1.165) is 0 Å². The molecule has 1 saturated carbocycles. The first-order chi connectivity index (χ1) is 13.5. The van der Waals surface area contributed by atoms with Crippen LogP contribution in [0.4, 0.5) is 9.18 Å². The molecule has 1 aliphatic heterocycles. The number of amides is 2. The third-order valence-corrected chi connectivity index (χ3v) is 5.63. The maximum Gasteiger partial charge on any atom is 0.410 e. The van der Waals surface area contributed by atoms with Gasteiger partial charge in [0.25, 0.3) is 0 Å². The Balaban J connectivity index is 1.40. The van der Waals surface area contributed by atoms with Crippen LogP contribution in [0.1, 0.15) is 40.3 Å². The van der Waals surface area contributed by atoms with E-state index < -0.39 is 17.0 Å². The summed E-state index contributed by atoms with van der Waals surface area (Å²) in [5.41, 5.74) is -0.787. The molecule has 29 heavy (non-hydrogen) atoms. The smallest absolute Gasteiger partial charge is 0.410 e. The Morgan fingerprint density at radius 1 is 1.21 bits per heavy atom. The highest BCUT2D eigenvalue weighted by Crippen LogP contribution is 2.52. The normalized spacial score (nSPS) is 23.8. The van der Waals surface area contributed by atoms with Crippen LogP contribution in [0.15, 0.2) is 22.7 Å². The van der Waals surface area contributed by atoms with Crippen LogP contribution in [-0.2, 0) is 15.1 Å². The Labute approximate surface area is 168 Å². The fourth-order valence-electron chi connectivity index (χ4n) is 4.22. The molecule has 1 aromatic carbocycles. The van der Waals surface area contributed by atoms with Gasteiger partial charge in [0.15, 0.2) is 5.82 Å². The molecule has 156 valence electrons. The van der Waals surface area contributed by atoms with Gasteiger partial charge in [-0.15, -0.1) is 0 Å². The Hall–Kier alpha value is -2.64. The van der Waals surface area contributed by atoms with Gasteiger partial charge < -0.3 is 19.5 Å². The van der Waals surface area contributed by atoms with Crippen LogP contribution in [0.3, 0.4) is 0 Å². The molecule has 8 heteroatoms. The van der Waals surface area contributed by atoms with Gasteiger partial charge >= 0.3 is 6.09 Å². The van der Waals surface area contributed by atoms with Crippen LogP contribution in [0.5, 0.6) is 0 Å². The number of likely N-dealkylation sites (tertiary alicyclic amines) is 1. The molecule has 1 aromatic heterocycles. The van der Waals surface area contributed by atoms with E-state index in [-0.39, 0.29) is 35.3 Å². The van der Waals surface area contributed by atoms with Crippen LogP contribution in [0, 0.1) is 23.6 Å². The number of nitrogens with zero attached hydrogens (tertiary/aromatic N) is 2. The van der Waals surface area contributed by atoms with E-state index in [0.29, 0.717) is 24.2 Å². The summed E-state index contributed by atoms with van der Waals surface area (Å²) in [5, 5.41) is 7.57. The van der Waals surface area contributed by atoms with Gasteiger partial charge in [0, 0.05) is 19.0 Å². The number of para-hydroxylation sites is 1. The van der Waals surface area contributed by atoms with E-state index in [4.69, 9.17) is 9.26 Å². The fraction of sp³-hybridized carbons (Fsp3) is 0.571. The van der Waals surface area contributed by atoms with Crippen molar-refractivity contribution < 1.29 is 23.2 Å². The van der Waals surface area contributed by atoms with Gasteiger partial charge in [-0.05, 0) is 58.6 Å². The number of ether oxygens (including phenoxy) is 1. The minimum atomic E-state index is -0.822. The lowest BCUT2D eigenvalue weighted by Gasteiger charge is -2.27. The average Bonchev–Trinajstić information content (AvgIpc) is 2.96. The zero-order valence-corrected chi connectivity index (χ0v) is 17.3. The lowest BCUT2D eigenvalue weighted by Crippen LogP contribution is -2.44. The van der Waals surface area contributed by atoms with E-state index in [1.54, 1.807) is 17.0 Å². The molecule has 1 aliphatic carbocycles. The minimum Gasteiger partial charge on any atom is -0.444 e. The Kier molecular flexibility index (Phi) is 4.36. The summed E-state index contributed by atoms with van der Waals surface area (Å²) in [5.74, 6) is -0.416. The molecule has 0 spiro atoms. The highest BCUT2D eigenvalue weighted by atomic mass is 19.1. The van der Waals surface area contributed by atoms with Crippen LogP contribution in [0.2, 0.25) is 0 Å². The number of halogens is 1. The van der Waals surface area contributed by atoms with Gasteiger partial charge in [-0.2, -0.15) is 0 Å². The van der Waals surface area contributed by atoms with Crippen molar-refractivity contribution >= 4 is 23.0 Å². The van der Waals surface area contributed by atoms with Gasteiger partial charge in [0.2, 0.25) is 11.5 Å². The second-order valence-electron chi connectivity index (χ2n) is 9.50. The van der Waals surface area contributed by atoms with Gasteiger partial charge in [0.05, 0.1) is 10.9 Å². The van der Waals surface area contributed by atoms with Crippen molar-refractivity contribution in [2.24, 2.45) is 17.8 Å². The molecule has 2 fully saturated rings. The topological polar surface area (TPSA) is 84.7 Å². The molecule has 0 radical (unpaired) electrons. The summed E-state index contributed by atoms with van der Waals surface area (Å²) >= 11 is 0. The summed E-state index contributed by atoms with van der Waals surface area (Å²) < 4.78 is 24.4. The molecule has 3 atom stereocenters. The van der Waals surface area contributed by atoms with E-state index >= 15 is 0 Å². The molecule has 2 aromatic rings. The maximum atomic E-state index is 13.9. The number of fused-ring (bicyclic) bond motifs is 2. The summed E-state index contributed by atoms with van der Waals surface area (Å²) in [6.45, 7) is 10.2. The minimum absolute atomic E-state index is 0.0820. The van der Waals surface area contributed by atoms with Crippen LogP contribution in [0.25, 0.3) is 11.0 Å². The molecule has 2 heterocycles. The molecule has 1 saturated heterocycles. The molecule has 2 amide bonds. The lowest BCUT2D eigenvalue weighted by atomic mass is 9.96. The van der Waals surface area contributed by atoms with Crippen LogP contribution >= 0.6 is 0 Å². The van der Waals surface area contributed by atoms with Crippen molar-refractivity contribution in [1.29, 1.82) is 0 Å². The van der Waals surface area contributed by atoms with E-state index in [1.807, 2.05) is 34.6 Å². The van der Waals surface area contributed by atoms with Crippen molar-refractivity contribution in [3.8, 4) is 0 Å². The van der Waals surface area contributed by atoms with Crippen molar-refractivity contribution in [2.45, 2.75) is 45.8 Å². The van der Waals surface area contributed by atoms with Crippen molar-refractivity contribution in [1.82, 2.24) is 15.4 Å². The molecule has 4 rings (SSSR count). The van der Waals surface area contributed by atoms with E-state index in [1.165, 1.54) is 6.07 Å². The van der Waals surface area contributed by atoms with Gasteiger partial charge in [0.1, 0.15) is 11.3 Å². The molecule has 7 nitrogen and oxygen atoms in total. The van der Waals surface area contributed by atoms with Gasteiger partial charge in [-0.25, -0.2) is 9.18 Å². The number of hydrogen-bond donors (Lipinski definition) is 1. The Bertz CT molecular complexity index is 966. The third-order valence-electron chi connectivity index (χ3n) is 5.63. The number of carbonyl (C=O) groups is 2. The first kappa shape index (κ1) is 19.7. The largest absolute Gasteiger partial charge is 0.444 e. The summed E-state index contributed by atoms with van der Waals surface area (Å²) in [7, 11) is 0. The molecule has 0 unspecified atom stereocenters. The summed E-state index contributed by atoms with van der Waals surface area (Å²) in [6, 6.07) is 4.63. The third kappa shape index (κ3) is 3.56. The molecule has 2 aliphatic rings. The van der Waals surface area contributed by atoms with Gasteiger partial charge in [-0.1, -0.05) is 11.2 Å². The quantitative estimate of drug-likeness (QED) is 0.849. The molecular weight excluding hydrogens is 377 g/mol. The molecule has 0 bridgehead atoms. The van der Waals surface area contributed by atoms with E-state index in [9.17, 15) is 14.0 Å². The van der Waals surface area contributed by atoms with Crippen molar-refractivity contribution in [3.05, 3.63) is 29.7 Å². The lowest BCUT2D eigenvalue weighted by molar-refractivity contribution is -0.125. The Morgan fingerprint density at radius 3 is 2.48 bits per heavy atom. The first-order valence-electron chi connectivity index (χ1n) is 9.82. The highest BCUT2D eigenvalue weighted by molar-refractivity contribution is 5.86. The highest BCUT2D eigenvalue weighted by Gasteiger charge is 2.61. The number of carbonyl (C=O) groups excluding carboxylic acids is 2. The second-order valence-corrected chi connectivity index (χ2v) is 9.50.